The summed E-state index contributed by atoms with van der Waals surface area (Å²) in [6, 6.07) is 0. The molecule has 3 N–H and O–H groups in total. The predicted molar refractivity (Wildman–Crippen MR) is 65.5 cm³/mol. The van der Waals surface area contributed by atoms with Crippen LogP contribution >= 0.6 is 11.3 Å². The molecular weight excluding hydrogens is 222 g/mol. The van der Waals surface area contributed by atoms with E-state index in [2.05, 4.69) is 17.2 Å². The van der Waals surface area contributed by atoms with Gasteiger partial charge in [-0.3, -0.25) is 0 Å². The Morgan fingerprint density at radius 1 is 1.56 bits per heavy atom. The minimum absolute atomic E-state index is 0.0927. The zero-order chi connectivity index (χ0) is 11.4. The molecule has 5 heteroatoms. The highest BCUT2D eigenvalue weighted by Crippen LogP contribution is 2.17. The van der Waals surface area contributed by atoms with Crippen molar-refractivity contribution in [3.63, 3.8) is 0 Å². The largest absolute Gasteiger partial charge is 0.381 e. The summed E-state index contributed by atoms with van der Waals surface area (Å²) in [5, 5.41) is 4.53. The number of ether oxygens (including phenoxy) is 1. The molecule has 4 nitrogen and oxygen atoms in total. The second kappa shape index (κ2) is 5.23. The zero-order valence-electron chi connectivity index (χ0n) is 9.66. The van der Waals surface area contributed by atoms with Gasteiger partial charge in [0.05, 0.1) is 0 Å². The van der Waals surface area contributed by atoms with E-state index in [1.54, 1.807) is 11.3 Å². The van der Waals surface area contributed by atoms with Crippen LogP contribution in [0.5, 0.6) is 0 Å². The molecule has 2 heterocycles. The standard InChI is InChI=1S/C11H19N3OS/c1-9-6-14-10(16-9)7-13-8-11(12)2-4-15-5-3-11/h6,13H,2-5,7-8,12H2,1H3. The van der Waals surface area contributed by atoms with Crippen LogP contribution in [0.1, 0.15) is 22.7 Å². The molecule has 2 rings (SSSR count). The van der Waals surface area contributed by atoms with Crippen molar-refractivity contribution < 1.29 is 4.74 Å². The number of nitrogens with zero attached hydrogens (tertiary/aromatic N) is 1. The monoisotopic (exact) mass is 241 g/mol. The minimum atomic E-state index is -0.0927. The maximum absolute atomic E-state index is 6.27. The number of rotatable bonds is 4. The van der Waals surface area contributed by atoms with E-state index in [9.17, 15) is 0 Å². The molecule has 0 aromatic carbocycles. The predicted octanol–water partition coefficient (Wildman–Crippen LogP) is 1.05. The average molecular weight is 241 g/mol. The lowest BCUT2D eigenvalue weighted by Gasteiger charge is -2.33. The van der Waals surface area contributed by atoms with Gasteiger partial charge in [-0.1, -0.05) is 0 Å². The van der Waals surface area contributed by atoms with Crippen molar-refractivity contribution in [1.29, 1.82) is 0 Å². The third-order valence-corrected chi connectivity index (χ3v) is 3.82. The van der Waals surface area contributed by atoms with E-state index in [1.165, 1.54) is 4.88 Å². The van der Waals surface area contributed by atoms with Gasteiger partial charge in [0.15, 0.2) is 0 Å². The fourth-order valence-electron chi connectivity index (χ4n) is 1.86. The van der Waals surface area contributed by atoms with Crippen LogP contribution in [0.4, 0.5) is 0 Å². The smallest absolute Gasteiger partial charge is 0.107 e. The molecule has 0 atom stereocenters. The van der Waals surface area contributed by atoms with Gasteiger partial charge in [0.1, 0.15) is 5.01 Å². The molecule has 1 saturated heterocycles. The number of thiazole rings is 1. The van der Waals surface area contributed by atoms with Crippen molar-refractivity contribution in [2.45, 2.75) is 31.8 Å². The van der Waals surface area contributed by atoms with E-state index in [0.29, 0.717) is 0 Å². The summed E-state index contributed by atoms with van der Waals surface area (Å²) in [5.41, 5.74) is 6.18. The van der Waals surface area contributed by atoms with Gasteiger partial charge in [-0.2, -0.15) is 0 Å². The Morgan fingerprint density at radius 3 is 2.94 bits per heavy atom. The van der Waals surface area contributed by atoms with Crippen LogP contribution in [-0.2, 0) is 11.3 Å². The SMILES string of the molecule is Cc1cnc(CNCC2(N)CCOCC2)s1. The van der Waals surface area contributed by atoms with Crippen LogP contribution in [0.2, 0.25) is 0 Å². The number of aryl methyl sites for hydroxylation is 1. The summed E-state index contributed by atoms with van der Waals surface area (Å²) >= 11 is 1.73. The first kappa shape index (κ1) is 12.0. The average Bonchev–Trinajstić information content (AvgIpc) is 2.65. The lowest BCUT2D eigenvalue weighted by atomic mass is 9.91. The molecule has 0 spiro atoms. The Hall–Kier alpha value is -0.490. The van der Waals surface area contributed by atoms with Gasteiger partial charge >= 0.3 is 0 Å². The Morgan fingerprint density at radius 2 is 2.31 bits per heavy atom. The molecule has 1 aliphatic rings. The maximum atomic E-state index is 6.27. The second-order valence-electron chi connectivity index (χ2n) is 4.44. The molecule has 0 amide bonds. The van der Waals surface area contributed by atoms with Crippen LogP contribution in [0.3, 0.4) is 0 Å². The first-order valence-corrected chi connectivity index (χ1v) is 6.48. The van der Waals surface area contributed by atoms with Crippen LogP contribution in [0, 0.1) is 6.92 Å². The van der Waals surface area contributed by atoms with Crippen molar-refractivity contribution >= 4 is 11.3 Å². The molecule has 1 aromatic rings. The first-order valence-electron chi connectivity index (χ1n) is 5.67. The molecule has 16 heavy (non-hydrogen) atoms. The van der Waals surface area contributed by atoms with Gasteiger partial charge in [0.25, 0.3) is 0 Å². The number of hydrogen-bond donors (Lipinski definition) is 2. The van der Waals surface area contributed by atoms with E-state index in [4.69, 9.17) is 10.5 Å². The van der Waals surface area contributed by atoms with Crippen molar-refractivity contribution in [1.82, 2.24) is 10.3 Å². The van der Waals surface area contributed by atoms with Crippen molar-refractivity contribution in [3.8, 4) is 0 Å². The first-order chi connectivity index (χ1) is 7.68. The molecule has 0 bridgehead atoms. The van der Waals surface area contributed by atoms with Crippen molar-refractivity contribution in [2.75, 3.05) is 19.8 Å². The lowest BCUT2D eigenvalue weighted by molar-refractivity contribution is 0.0531. The molecule has 1 fully saturated rings. The zero-order valence-corrected chi connectivity index (χ0v) is 10.5. The van der Waals surface area contributed by atoms with Gasteiger partial charge in [0.2, 0.25) is 0 Å². The Labute approximate surface area is 100 Å². The maximum Gasteiger partial charge on any atom is 0.107 e. The molecule has 1 aromatic heterocycles. The quantitative estimate of drug-likeness (QED) is 0.827. The van der Waals surface area contributed by atoms with Crippen LogP contribution in [-0.4, -0.2) is 30.3 Å². The Kier molecular flexibility index (Phi) is 3.91. The molecule has 0 saturated carbocycles. The molecule has 0 radical (unpaired) electrons. The molecule has 1 aliphatic heterocycles. The number of nitrogens with two attached hydrogens (primary N) is 1. The molecule has 0 unspecified atom stereocenters. The highest BCUT2D eigenvalue weighted by Gasteiger charge is 2.27. The van der Waals surface area contributed by atoms with Crippen LogP contribution < -0.4 is 11.1 Å². The topological polar surface area (TPSA) is 60.2 Å². The summed E-state index contributed by atoms with van der Waals surface area (Å²) in [7, 11) is 0. The summed E-state index contributed by atoms with van der Waals surface area (Å²) in [4.78, 5) is 5.57. The summed E-state index contributed by atoms with van der Waals surface area (Å²) in [6.07, 6.45) is 3.79. The summed E-state index contributed by atoms with van der Waals surface area (Å²) in [6.45, 7) is 5.31. The number of hydrogen-bond acceptors (Lipinski definition) is 5. The van der Waals surface area contributed by atoms with Crippen molar-refractivity contribution in [3.05, 3.63) is 16.1 Å². The third kappa shape index (κ3) is 3.25. The van der Waals surface area contributed by atoms with Crippen LogP contribution in [0.15, 0.2) is 6.20 Å². The summed E-state index contributed by atoms with van der Waals surface area (Å²) < 4.78 is 5.31. The van der Waals surface area contributed by atoms with Gasteiger partial charge in [-0.15, -0.1) is 11.3 Å². The van der Waals surface area contributed by atoms with Crippen molar-refractivity contribution in [2.24, 2.45) is 5.73 Å². The molecule has 90 valence electrons. The Balaban J connectivity index is 1.74. The van der Waals surface area contributed by atoms with Crippen LogP contribution in [0.25, 0.3) is 0 Å². The number of aromatic nitrogens is 1. The van der Waals surface area contributed by atoms with E-state index in [1.807, 2.05) is 6.20 Å². The van der Waals surface area contributed by atoms with E-state index in [0.717, 1.165) is 44.2 Å². The normalized spacial score (nSPS) is 19.9. The van der Waals surface area contributed by atoms with E-state index in [-0.39, 0.29) is 5.54 Å². The van der Waals surface area contributed by atoms with Gasteiger partial charge in [-0.05, 0) is 19.8 Å². The van der Waals surface area contributed by atoms with Gasteiger partial charge in [-0.25, -0.2) is 4.98 Å². The van der Waals surface area contributed by atoms with Gasteiger partial charge < -0.3 is 15.8 Å². The Bertz CT molecular complexity index is 334. The highest BCUT2D eigenvalue weighted by atomic mass is 32.1. The lowest BCUT2D eigenvalue weighted by Crippen LogP contribution is -2.52. The molecular formula is C11H19N3OS. The highest BCUT2D eigenvalue weighted by molar-refractivity contribution is 7.11. The van der Waals surface area contributed by atoms with Gasteiger partial charge in [0, 0.05) is 42.9 Å². The fourth-order valence-corrected chi connectivity index (χ4v) is 2.61. The minimum Gasteiger partial charge on any atom is -0.381 e. The molecule has 0 aliphatic carbocycles. The van der Waals surface area contributed by atoms with E-state index < -0.39 is 0 Å². The third-order valence-electron chi connectivity index (χ3n) is 2.91. The second-order valence-corrected chi connectivity index (χ2v) is 5.76. The van der Waals surface area contributed by atoms with E-state index >= 15 is 0 Å². The summed E-state index contributed by atoms with van der Waals surface area (Å²) in [5.74, 6) is 0. The number of nitrogens with one attached hydrogen (secondary N) is 1. The fraction of sp³-hybridized carbons (Fsp3) is 0.727.